The molecule has 0 aliphatic carbocycles. The largest absolute Gasteiger partial charge is 0.351 e. The summed E-state index contributed by atoms with van der Waals surface area (Å²) < 4.78 is 0. The Morgan fingerprint density at radius 1 is 1.20 bits per heavy atom. The maximum atomic E-state index is 6.40. The predicted molar refractivity (Wildman–Crippen MR) is 85.0 cm³/mol. The average Bonchev–Trinajstić information content (AvgIpc) is 2.47. The van der Waals surface area contributed by atoms with Crippen LogP contribution in [-0.2, 0) is 13.1 Å². The van der Waals surface area contributed by atoms with E-state index in [0.29, 0.717) is 11.6 Å². The summed E-state index contributed by atoms with van der Waals surface area (Å²) in [5.74, 6) is 0.806. The third-order valence-corrected chi connectivity index (χ3v) is 3.89. The van der Waals surface area contributed by atoms with Crippen LogP contribution in [0.2, 0.25) is 5.02 Å². The van der Waals surface area contributed by atoms with E-state index in [2.05, 4.69) is 48.0 Å². The molecule has 0 aliphatic rings. The van der Waals surface area contributed by atoms with Crippen LogP contribution in [0.4, 0.5) is 5.82 Å². The second-order valence-electron chi connectivity index (χ2n) is 4.75. The lowest BCUT2D eigenvalue weighted by Crippen LogP contribution is -2.24. The molecule has 0 fully saturated rings. The first-order valence-electron chi connectivity index (χ1n) is 6.80. The molecule has 20 heavy (non-hydrogen) atoms. The van der Waals surface area contributed by atoms with E-state index in [1.54, 1.807) is 6.20 Å². The first kappa shape index (κ1) is 14.8. The number of anilines is 1. The summed E-state index contributed by atoms with van der Waals surface area (Å²) in [7, 11) is 0. The minimum absolute atomic E-state index is 0.427. The first-order chi connectivity index (χ1) is 9.67. The smallest absolute Gasteiger partial charge is 0.147 e. The fourth-order valence-corrected chi connectivity index (χ4v) is 2.49. The van der Waals surface area contributed by atoms with Gasteiger partial charge in [-0.15, -0.1) is 0 Å². The number of pyridine rings is 1. The molecule has 2 N–H and O–H groups in total. The zero-order valence-electron chi connectivity index (χ0n) is 11.9. The lowest BCUT2D eigenvalue weighted by atomic mass is 10.1. The van der Waals surface area contributed by atoms with Crippen molar-refractivity contribution in [3.63, 3.8) is 0 Å². The highest BCUT2D eigenvalue weighted by Crippen LogP contribution is 2.28. The number of aryl methyl sites for hydroxylation is 1. The highest BCUT2D eigenvalue weighted by atomic mass is 35.5. The standard InChI is InChI=1S/C16H20ClN3/c1-3-20(11-14-7-5-4-6-12(14)2)16-15(17)13(10-18)8-9-19-16/h4-9H,3,10-11,18H2,1-2H3. The Morgan fingerprint density at radius 3 is 2.60 bits per heavy atom. The van der Waals surface area contributed by atoms with Crippen LogP contribution in [0, 0.1) is 6.92 Å². The van der Waals surface area contributed by atoms with Crippen LogP contribution in [-0.4, -0.2) is 11.5 Å². The Labute approximate surface area is 125 Å². The van der Waals surface area contributed by atoms with Crippen molar-refractivity contribution in [3.8, 4) is 0 Å². The number of nitrogens with zero attached hydrogens (tertiary/aromatic N) is 2. The SMILES string of the molecule is CCN(Cc1ccccc1C)c1nccc(CN)c1Cl. The lowest BCUT2D eigenvalue weighted by Gasteiger charge is -2.24. The number of rotatable bonds is 5. The van der Waals surface area contributed by atoms with Gasteiger partial charge in [0.1, 0.15) is 5.82 Å². The fourth-order valence-electron chi connectivity index (χ4n) is 2.18. The zero-order chi connectivity index (χ0) is 14.5. The summed E-state index contributed by atoms with van der Waals surface area (Å²) in [6.45, 7) is 6.29. The molecule has 0 atom stereocenters. The third-order valence-electron chi connectivity index (χ3n) is 3.47. The molecule has 0 aliphatic heterocycles. The minimum Gasteiger partial charge on any atom is -0.351 e. The molecule has 0 radical (unpaired) electrons. The number of hydrogen-bond acceptors (Lipinski definition) is 3. The number of benzene rings is 1. The molecule has 2 rings (SSSR count). The fraction of sp³-hybridized carbons (Fsp3) is 0.312. The average molecular weight is 290 g/mol. The van der Waals surface area contributed by atoms with Crippen molar-refractivity contribution in [3.05, 3.63) is 58.2 Å². The molecule has 1 heterocycles. The van der Waals surface area contributed by atoms with Crippen LogP contribution in [0.5, 0.6) is 0 Å². The third kappa shape index (κ3) is 3.11. The van der Waals surface area contributed by atoms with Crippen molar-refractivity contribution in [1.29, 1.82) is 0 Å². The molecule has 0 saturated heterocycles. The minimum atomic E-state index is 0.427. The Morgan fingerprint density at radius 2 is 1.95 bits per heavy atom. The van der Waals surface area contributed by atoms with Gasteiger partial charge in [-0.3, -0.25) is 0 Å². The highest BCUT2D eigenvalue weighted by Gasteiger charge is 2.14. The summed E-state index contributed by atoms with van der Waals surface area (Å²) in [6.07, 6.45) is 1.77. The summed E-state index contributed by atoms with van der Waals surface area (Å²) in [4.78, 5) is 6.59. The second kappa shape index (κ2) is 6.73. The van der Waals surface area contributed by atoms with Crippen LogP contribution in [0.25, 0.3) is 0 Å². The van der Waals surface area contributed by atoms with E-state index in [1.165, 1.54) is 11.1 Å². The Kier molecular flexibility index (Phi) is 4.99. The van der Waals surface area contributed by atoms with Crippen molar-refractivity contribution in [1.82, 2.24) is 4.98 Å². The predicted octanol–water partition coefficient (Wildman–Crippen LogP) is 3.53. The van der Waals surface area contributed by atoms with Crippen LogP contribution in [0.15, 0.2) is 36.5 Å². The van der Waals surface area contributed by atoms with Crippen LogP contribution < -0.4 is 10.6 Å². The molecule has 0 unspecified atom stereocenters. The lowest BCUT2D eigenvalue weighted by molar-refractivity contribution is 0.807. The maximum Gasteiger partial charge on any atom is 0.147 e. The Hall–Kier alpha value is -1.58. The van der Waals surface area contributed by atoms with E-state index in [0.717, 1.165) is 24.5 Å². The van der Waals surface area contributed by atoms with Crippen molar-refractivity contribution < 1.29 is 0 Å². The zero-order valence-corrected chi connectivity index (χ0v) is 12.7. The van der Waals surface area contributed by atoms with Gasteiger partial charge in [0.2, 0.25) is 0 Å². The van der Waals surface area contributed by atoms with Gasteiger partial charge in [0.05, 0.1) is 5.02 Å². The van der Waals surface area contributed by atoms with Gasteiger partial charge in [0.15, 0.2) is 0 Å². The molecule has 1 aromatic heterocycles. The van der Waals surface area contributed by atoms with E-state index < -0.39 is 0 Å². The van der Waals surface area contributed by atoms with Gasteiger partial charge in [-0.25, -0.2) is 4.98 Å². The van der Waals surface area contributed by atoms with Crippen molar-refractivity contribution in [2.24, 2.45) is 5.73 Å². The number of halogens is 1. The molecular weight excluding hydrogens is 270 g/mol. The van der Waals surface area contributed by atoms with E-state index in [-0.39, 0.29) is 0 Å². The molecule has 0 amide bonds. The van der Waals surface area contributed by atoms with Crippen molar-refractivity contribution >= 4 is 17.4 Å². The molecule has 0 bridgehead atoms. The molecular formula is C16H20ClN3. The number of aromatic nitrogens is 1. The molecule has 106 valence electrons. The van der Waals surface area contributed by atoms with Crippen molar-refractivity contribution in [2.45, 2.75) is 26.9 Å². The summed E-state index contributed by atoms with van der Waals surface area (Å²) >= 11 is 6.40. The van der Waals surface area contributed by atoms with Crippen LogP contribution in [0.1, 0.15) is 23.6 Å². The summed E-state index contributed by atoms with van der Waals surface area (Å²) in [5, 5.41) is 0.658. The normalized spacial score (nSPS) is 10.6. The molecule has 1 aromatic carbocycles. The molecule has 0 saturated carbocycles. The van der Waals surface area contributed by atoms with Gasteiger partial charge in [-0.2, -0.15) is 0 Å². The van der Waals surface area contributed by atoms with Gasteiger partial charge in [0, 0.05) is 25.8 Å². The quantitative estimate of drug-likeness (QED) is 0.915. The second-order valence-corrected chi connectivity index (χ2v) is 5.13. The van der Waals surface area contributed by atoms with E-state index in [9.17, 15) is 0 Å². The van der Waals surface area contributed by atoms with Gasteiger partial charge in [-0.05, 0) is 36.6 Å². The van der Waals surface area contributed by atoms with Gasteiger partial charge in [0.25, 0.3) is 0 Å². The van der Waals surface area contributed by atoms with E-state index in [4.69, 9.17) is 17.3 Å². The summed E-state index contributed by atoms with van der Waals surface area (Å²) in [6, 6.07) is 10.2. The van der Waals surface area contributed by atoms with Gasteiger partial charge >= 0.3 is 0 Å². The molecule has 2 aromatic rings. The Bertz CT molecular complexity index is 584. The van der Waals surface area contributed by atoms with Gasteiger partial charge in [-0.1, -0.05) is 35.9 Å². The van der Waals surface area contributed by atoms with Crippen molar-refractivity contribution in [2.75, 3.05) is 11.4 Å². The van der Waals surface area contributed by atoms with E-state index in [1.807, 2.05) is 6.07 Å². The molecule has 0 spiro atoms. The number of nitrogens with two attached hydrogens (primary N) is 1. The highest BCUT2D eigenvalue weighted by molar-refractivity contribution is 6.33. The van der Waals surface area contributed by atoms with Gasteiger partial charge < -0.3 is 10.6 Å². The maximum absolute atomic E-state index is 6.40. The summed E-state index contributed by atoms with van der Waals surface area (Å²) in [5.41, 5.74) is 9.20. The monoisotopic (exact) mass is 289 g/mol. The van der Waals surface area contributed by atoms with Crippen LogP contribution in [0.3, 0.4) is 0 Å². The molecule has 4 heteroatoms. The first-order valence-corrected chi connectivity index (χ1v) is 7.18. The topological polar surface area (TPSA) is 42.2 Å². The Balaban J connectivity index is 2.32. The molecule has 3 nitrogen and oxygen atoms in total. The van der Waals surface area contributed by atoms with E-state index >= 15 is 0 Å². The number of hydrogen-bond donors (Lipinski definition) is 1. The van der Waals surface area contributed by atoms with Crippen LogP contribution >= 0.6 is 11.6 Å².